The van der Waals surface area contributed by atoms with Crippen LogP contribution in [-0.4, -0.2) is 42.3 Å². The molecule has 2 atom stereocenters. The van der Waals surface area contributed by atoms with E-state index in [0.717, 1.165) is 70.6 Å². The van der Waals surface area contributed by atoms with Crippen LogP contribution in [0.1, 0.15) is 102 Å². The number of aliphatic hydroxyl groups excluding tert-OH is 2. The van der Waals surface area contributed by atoms with E-state index < -0.39 is 23.9 Å². The summed E-state index contributed by atoms with van der Waals surface area (Å²) in [6.07, 6.45) is 10.2. The number of carbonyl (C=O) groups excluding carboxylic acids is 1. The molecule has 0 radical (unpaired) electrons. The molecule has 0 aromatic heterocycles. The van der Waals surface area contributed by atoms with Crippen molar-refractivity contribution in [3.05, 3.63) is 59.2 Å². The van der Waals surface area contributed by atoms with Gasteiger partial charge in [-0.05, 0) is 106 Å². The number of rotatable bonds is 15. The number of hydrogen-bond donors (Lipinski definition) is 2. The Morgan fingerprint density at radius 3 is 2.20 bits per heavy atom. The van der Waals surface area contributed by atoms with Gasteiger partial charge in [0, 0.05) is 17.1 Å². The number of halogens is 2. The third-order valence-electron chi connectivity index (χ3n) is 9.40. The summed E-state index contributed by atoms with van der Waals surface area (Å²) in [7, 11) is 0. The molecule has 1 aromatic rings. The van der Waals surface area contributed by atoms with Crippen molar-refractivity contribution in [1.82, 2.24) is 0 Å². The lowest BCUT2D eigenvalue weighted by atomic mass is 9.67. The molecule has 2 saturated carbocycles. The third-order valence-corrected chi connectivity index (χ3v) is 9.40. The molecule has 0 aliphatic heterocycles. The van der Waals surface area contributed by atoms with Crippen LogP contribution in [0.2, 0.25) is 0 Å². The fraction of sp³-hybridized carbons (Fsp3) is 0.676. The van der Waals surface area contributed by atoms with Crippen molar-refractivity contribution >= 4 is 5.97 Å². The van der Waals surface area contributed by atoms with Crippen molar-refractivity contribution in [3.63, 3.8) is 0 Å². The highest BCUT2D eigenvalue weighted by Crippen LogP contribution is 2.45. The average Bonchev–Trinajstić information content (AvgIpc) is 2.99. The van der Waals surface area contributed by atoms with Crippen LogP contribution in [0.25, 0.3) is 0 Å². The Balaban J connectivity index is 1.52. The summed E-state index contributed by atoms with van der Waals surface area (Å²) >= 11 is 0. The van der Waals surface area contributed by atoms with E-state index in [2.05, 4.69) is 20.1 Å². The number of hydrogen-bond acceptors (Lipinski definition) is 5. The van der Waals surface area contributed by atoms with E-state index >= 15 is 4.39 Å². The molecule has 2 fully saturated rings. The molecular formula is C34H50F2O5. The Morgan fingerprint density at radius 1 is 0.976 bits per heavy atom. The minimum absolute atomic E-state index is 0.0754. The molecule has 0 amide bonds. The molecule has 3 rings (SSSR count). The Bertz CT molecular complexity index is 1010. The van der Waals surface area contributed by atoms with Gasteiger partial charge in [0.2, 0.25) is 0 Å². The minimum Gasteiger partial charge on any atom is -0.462 e. The smallest absolute Gasteiger partial charge is 0.333 e. The SMILES string of the molecule is C=C(C)C(=O)OCC(COC(O)C(=C)CO)C1CCC(C2CCC(c3ccc(CCCCC)c(F)c3F)CC2)CC1. The van der Waals surface area contributed by atoms with E-state index in [9.17, 15) is 19.4 Å². The summed E-state index contributed by atoms with van der Waals surface area (Å²) in [5.41, 5.74) is 1.56. The quantitative estimate of drug-likeness (QED) is 0.0748. The number of ether oxygens (including phenoxy) is 2. The van der Waals surface area contributed by atoms with E-state index in [1.807, 2.05) is 6.07 Å². The normalized spacial score (nSPS) is 24.4. The van der Waals surface area contributed by atoms with Gasteiger partial charge in [0.15, 0.2) is 17.9 Å². The Hall–Kier alpha value is -2.09. The first-order chi connectivity index (χ1) is 19.7. The van der Waals surface area contributed by atoms with Gasteiger partial charge < -0.3 is 19.7 Å². The van der Waals surface area contributed by atoms with Gasteiger partial charge in [0.05, 0.1) is 19.8 Å². The van der Waals surface area contributed by atoms with Gasteiger partial charge in [-0.3, -0.25) is 0 Å². The summed E-state index contributed by atoms with van der Waals surface area (Å²) < 4.78 is 40.8. The largest absolute Gasteiger partial charge is 0.462 e. The fourth-order valence-electron chi connectivity index (χ4n) is 6.70. The highest BCUT2D eigenvalue weighted by molar-refractivity contribution is 5.86. The number of benzene rings is 1. The maximum absolute atomic E-state index is 15.0. The molecule has 0 bridgehead atoms. The van der Waals surface area contributed by atoms with Crippen molar-refractivity contribution in [3.8, 4) is 0 Å². The summed E-state index contributed by atoms with van der Waals surface area (Å²) in [6.45, 7) is 11.0. The van der Waals surface area contributed by atoms with Crippen LogP contribution < -0.4 is 0 Å². The fourth-order valence-corrected chi connectivity index (χ4v) is 6.70. The maximum Gasteiger partial charge on any atom is 0.333 e. The van der Waals surface area contributed by atoms with Crippen LogP contribution in [0, 0.1) is 35.3 Å². The first kappa shape index (κ1) is 33.4. The summed E-state index contributed by atoms with van der Waals surface area (Å²) in [5.74, 6) is -0.291. The Labute approximate surface area is 245 Å². The van der Waals surface area contributed by atoms with Crippen LogP contribution >= 0.6 is 0 Å². The lowest BCUT2D eigenvalue weighted by Crippen LogP contribution is -2.33. The summed E-state index contributed by atoms with van der Waals surface area (Å²) in [6, 6.07) is 3.62. The second-order valence-electron chi connectivity index (χ2n) is 12.3. The molecule has 230 valence electrons. The first-order valence-corrected chi connectivity index (χ1v) is 15.5. The van der Waals surface area contributed by atoms with E-state index in [4.69, 9.17) is 9.47 Å². The predicted octanol–water partition coefficient (Wildman–Crippen LogP) is 7.40. The van der Waals surface area contributed by atoms with Crippen molar-refractivity contribution in [2.24, 2.45) is 23.7 Å². The summed E-state index contributed by atoms with van der Waals surface area (Å²) in [5, 5.41) is 19.3. The van der Waals surface area contributed by atoms with E-state index in [0.29, 0.717) is 35.0 Å². The van der Waals surface area contributed by atoms with Crippen LogP contribution in [0.5, 0.6) is 0 Å². The van der Waals surface area contributed by atoms with Crippen molar-refractivity contribution in [1.29, 1.82) is 0 Å². The van der Waals surface area contributed by atoms with E-state index in [1.54, 1.807) is 13.0 Å². The van der Waals surface area contributed by atoms with Crippen LogP contribution in [0.4, 0.5) is 8.78 Å². The predicted molar refractivity (Wildman–Crippen MR) is 157 cm³/mol. The molecular weight excluding hydrogens is 526 g/mol. The zero-order chi connectivity index (χ0) is 29.9. The number of aliphatic hydroxyl groups is 2. The monoisotopic (exact) mass is 576 g/mol. The van der Waals surface area contributed by atoms with Crippen LogP contribution in [0.3, 0.4) is 0 Å². The molecule has 0 spiro atoms. The van der Waals surface area contributed by atoms with E-state index in [1.165, 1.54) is 0 Å². The molecule has 2 aliphatic carbocycles. The number of unbranched alkanes of at least 4 members (excludes halogenated alkanes) is 2. The number of aryl methyl sites for hydroxylation is 1. The Morgan fingerprint density at radius 2 is 1.61 bits per heavy atom. The molecule has 0 heterocycles. The maximum atomic E-state index is 15.0. The second-order valence-corrected chi connectivity index (χ2v) is 12.3. The van der Waals surface area contributed by atoms with Gasteiger partial charge in [-0.25, -0.2) is 13.6 Å². The van der Waals surface area contributed by atoms with Crippen LogP contribution in [0.15, 0.2) is 36.4 Å². The first-order valence-electron chi connectivity index (χ1n) is 15.5. The lowest BCUT2D eigenvalue weighted by Gasteiger charge is -2.40. The molecule has 2 N–H and O–H groups in total. The molecule has 0 saturated heterocycles. The standard InChI is InChI=1S/C34H50F2O5/c1-5-6-7-8-28-17-18-30(32(36)31(28)35)27-15-13-25(14-16-27)24-9-11-26(12-10-24)29(20-40-33(38)22(2)3)21-41-34(39)23(4)19-37/h17-18,24-27,29,34,37,39H,2,4-16,19-21H2,1,3H3. The van der Waals surface area contributed by atoms with Gasteiger partial charge in [-0.1, -0.05) is 45.1 Å². The zero-order valence-corrected chi connectivity index (χ0v) is 25.0. The van der Waals surface area contributed by atoms with Gasteiger partial charge in [0.25, 0.3) is 0 Å². The molecule has 2 unspecified atom stereocenters. The highest BCUT2D eigenvalue weighted by Gasteiger charge is 2.35. The van der Waals surface area contributed by atoms with Crippen molar-refractivity contribution in [2.45, 2.75) is 103 Å². The zero-order valence-electron chi connectivity index (χ0n) is 25.0. The van der Waals surface area contributed by atoms with Gasteiger partial charge in [-0.2, -0.15) is 0 Å². The molecule has 2 aliphatic rings. The van der Waals surface area contributed by atoms with Gasteiger partial charge >= 0.3 is 5.97 Å². The third kappa shape index (κ3) is 9.45. The van der Waals surface area contributed by atoms with Gasteiger partial charge in [0.1, 0.15) is 0 Å². The molecule has 1 aromatic carbocycles. The van der Waals surface area contributed by atoms with Gasteiger partial charge in [-0.15, -0.1) is 0 Å². The van der Waals surface area contributed by atoms with E-state index in [-0.39, 0.29) is 43.1 Å². The lowest BCUT2D eigenvalue weighted by molar-refractivity contribution is -0.144. The van der Waals surface area contributed by atoms with Crippen molar-refractivity contribution < 1.29 is 33.3 Å². The Kier molecular flexibility index (Phi) is 13.5. The molecule has 7 heteroatoms. The highest BCUT2D eigenvalue weighted by atomic mass is 19.2. The van der Waals surface area contributed by atoms with Crippen molar-refractivity contribution in [2.75, 3.05) is 19.8 Å². The minimum atomic E-state index is -1.26. The topological polar surface area (TPSA) is 76.0 Å². The molecule has 41 heavy (non-hydrogen) atoms. The molecule has 5 nitrogen and oxygen atoms in total. The summed E-state index contributed by atoms with van der Waals surface area (Å²) in [4.78, 5) is 12.0. The number of carbonyl (C=O) groups is 1. The number of esters is 1. The van der Waals surface area contributed by atoms with Crippen LogP contribution in [-0.2, 0) is 20.7 Å². The second kappa shape index (κ2) is 16.5. The average molecular weight is 577 g/mol.